The van der Waals surface area contributed by atoms with Gasteiger partial charge in [0.25, 0.3) is 0 Å². The number of aromatic nitrogens is 2. The number of aliphatic hydroxyl groups excluding tert-OH is 1. The van der Waals surface area contributed by atoms with E-state index >= 15 is 0 Å². The molecule has 1 aromatic carbocycles. The van der Waals surface area contributed by atoms with Gasteiger partial charge in [0, 0.05) is 4.47 Å². The second-order valence-corrected chi connectivity index (χ2v) is 5.30. The van der Waals surface area contributed by atoms with E-state index < -0.39 is 0 Å². The van der Waals surface area contributed by atoms with Crippen LogP contribution in [0, 0.1) is 22.7 Å². The summed E-state index contributed by atoms with van der Waals surface area (Å²) in [5.41, 5.74) is 7.23. The normalized spacial score (nSPS) is 11.0. The van der Waals surface area contributed by atoms with Crippen LogP contribution in [0.25, 0.3) is 11.6 Å². The Balaban J connectivity index is 2.52. The van der Waals surface area contributed by atoms with E-state index in [9.17, 15) is 10.5 Å². The largest absolute Gasteiger partial charge is 0.394 e. The molecule has 3 N–H and O–H groups in total. The quantitative estimate of drug-likeness (QED) is 0.814. The van der Waals surface area contributed by atoms with Crippen molar-refractivity contribution in [1.29, 1.82) is 10.5 Å². The van der Waals surface area contributed by atoms with Crippen molar-refractivity contribution in [2.75, 3.05) is 12.3 Å². The minimum absolute atomic E-state index is 0.137. The summed E-state index contributed by atoms with van der Waals surface area (Å²) in [6, 6.07) is 11.4. The van der Waals surface area contributed by atoms with Gasteiger partial charge in [-0.2, -0.15) is 15.6 Å². The second-order valence-electron chi connectivity index (χ2n) is 4.39. The Morgan fingerprint density at radius 3 is 2.59 bits per heavy atom. The Kier molecular flexibility index (Phi) is 4.95. The lowest BCUT2D eigenvalue weighted by molar-refractivity contribution is 0.270. The van der Waals surface area contributed by atoms with Crippen molar-refractivity contribution in [3.8, 4) is 12.1 Å². The molecule has 7 heteroatoms. The highest BCUT2D eigenvalue weighted by Gasteiger charge is 2.18. The molecule has 0 saturated carbocycles. The molecule has 110 valence electrons. The van der Waals surface area contributed by atoms with Gasteiger partial charge in [0.05, 0.1) is 18.7 Å². The van der Waals surface area contributed by atoms with Crippen LogP contribution in [-0.4, -0.2) is 21.5 Å². The van der Waals surface area contributed by atoms with Gasteiger partial charge in [0.1, 0.15) is 29.2 Å². The minimum atomic E-state index is -0.158. The molecule has 0 atom stereocenters. The second kappa shape index (κ2) is 6.90. The van der Waals surface area contributed by atoms with Crippen LogP contribution in [0.3, 0.4) is 0 Å². The lowest BCUT2D eigenvalue weighted by Gasteiger charge is -1.99. The van der Waals surface area contributed by atoms with E-state index in [1.54, 1.807) is 6.08 Å². The summed E-state index contributed by atoms with van der Waals surface area (Å²) in [6.07, 6.45) is 1.64. The van der Waals surface area contributed by atoms with Gasteiger partial charge in [0.2, 0.25) is 0 Å². The number of rotatable bonds is 4. The maximum Gasteiger partial charge on any atom is 0.140 e. The molecule has 22 heavy (non-hydrogen) atoms. The van der Waals surface area contributed by atoms with Crippen molar-refractivity contribution in [3.63, 3.8) is 0 Å². The molecular weight excluding hydrogens is 346 g/mol. The van der Waals surface area contributed by atoms with Gasteiger partial charge in [-0.05, 0) is 23.8 Å². The number of nitrogens with two attached hydrogens (primary N) is 1. The number of halogens is 1. The van der Waals surface area contributed by atoms with Crippen LogP contribution in [0.5, 0.6) is 0 Å². The number of anilines is 1. The number of nitrogens with zero attached hydrogens (tertiary/aromatic N) is 4. The van der Waals surface area contributed by atoms with Crippen LogP contribution in [0.1, 0.15) is 16.8 Å². The first-order valence-corrected chi connectivity index (χ1v) is 7.15. The van der Waals surface area contributed by atoms with Crippen LogP contribution < -0.4 is 5.73 Å². The monoisotopic (exact) mass is 357 g/mol. The van der Waals surface area contributed by atoms with E-state index in [-0.39, 0.29) is 35.8 Å². The molecule has 2 aromatic rings. The Hall–Kier alpha value is -2.61. The van der Waals surface area contributed by atoms with Crippen molar-refractivity contribution in [1.82, 2.24) is 9.78 Å². The van der Waals surface area contributed by atoms with E-state index in [2.05, 4.69) is 21.0 Å². The molecule has 0 aliphatic heterocycles. The standard InChI is InChI=1S/C15H12BrN5O/c16-12-3-1-10(2-4-12)7-11(8-17)14-13(9-18)15(19)21(20-14)5-6-22/h1-4,7,22H,5-6,19H2/b11-7+. The Morgan fingerprint density at radius 1 is 1.36 bits per heavy atom. The number of hydrogen-bond acceptors (Lipinski definition) is 5. The number of benzene rings is 1. The number of allylic oxidation sites excluding steroid dienone is 1. The molecule has 1 heterocycles. The van der Waals surface area contributed by atoms with Crippen LogP contribution in [0.15, 0.2) is 28.7 Å². The molecule has 6 nitrogen and oxygen atoms in total. The van der Waals surface area contributed by atoms with Gasteiger partial charge in [-0.3, -0.25) is 0 Å². The SMILES string of the molecule is N#C/C(=C\c1ccc(Br)cc1)c1nn(CCO)c(N)c1C#N. The van der Waals surface area contributed by atoms with Crippen molar-refractivity contribution < 1.29 is 5.11 Å². The molecule has 0 amide bonds. The van der Waals surface area contributed by atoms with Gasteiger partial charge in [-0.15, -0.1) is 0 Å². The van der Waals surface area contributed by atoms with E-state index in [4.69, 9.17) is 10.8 Å². The molecule has 2 rings (SSSR count). The maximum atomic E-state index is 9.37. The molecule has 0 unspecified atom stereocenters. The third-order valence-electron chi connectivity index (χ3n) is 2.97. The number of nitrogen functional groups attached to an aromatic ring is 1. The van der Waals surface area contributed by atoms with Crippen LogP contribution in [-0.2, 0) is 6.54 Å². The first-order chi connectivity index (χ1) is 10.6. The minimum Gasteiger partial charge on any atom is -0.394 e. The molecule has 0 bridgehead atoms. The zero-order chi connectivity index (χ0) is 16.1. The highest BCUT2D eigenvalue weighted by atomic mass is 79.9. The number of nitriles is 2. The van der Waals surface area contributed by atoms with Crippen LogP contribution in [0.4, 0.5) is 5.82 Å². The van der Waals surface area contributed by atoms with Crippen molar-refractivity contribution in [3.05, 3.63) is 45.6 Å². The molecule has 0 aliphatic carbocycles. The molecule has 0 radical (unpaired) electrons. The van der Waals surface area contributed by atoms with Crippen LogP contribution >= 0.6 is 15.9 Å². The summed E-state index contributed by atoms with van der Waals surface area (Å²) in [5.74, 6) is 0.142. The lowest BCUT2D eigenvalue weighted by atomic mass is 10.1. The average molecular weight is 358 g/mol. The van der Waals surface area contributed by atoms with E-state index in [0.29, 0.717) is 0 Å². The third kappa shape index (κ3) is 3.17. The predicted molar refractivity (Wildman–Crippen MR) is 86.1 cm³/mol. The van der Waals surface area contributed by atoms with Crippen molar-refractivity contribution >= 4 is 33.4 Å². The van der Waals surface area contributed by atoms with Gasteiger partial charge in [-0.1, -0.05) is 28.1 Å². The van der Waals surface area contributed by atoms with E-state index in [1.807, 2.05) is 36.4 Å². The fraction of sp³-hybridized carbons (Fsp3) is 0.133. The first kappa shape index (κ1) is 15.8. The Morgan fingerprint density at radius 2 is 2.05 bits per heavy atom. The average Bonchev–Trinajstić information content (AvgIpc) is 2.83. The zero-order valence-electron chi connectivity index (χ0n) is 11.5. The topological polar surface area (TPSA) is 112 Å². The summed E-state index contributed by atoms with van der Waals surface area (Å²) < 4.78 is 2.25. The molecule has 1 aromatic heterocycles. The summed E-state index contributed by atoms with van der Waals surface area (Å²) in [5, 5.41) is 31.8. The lowest BCUT2D eigenvalue weighted by Crippen LogP contribution is -2.07. The van der Waals surface area contributed by atoms with Gasteiger partial charge >= 0.3 is 0 Å². The maximum absolute atomic E-state index is 9.37. The highest BCUT2D eigenvalue weighted by Crippen LogP contribution is 2.25. The van der Waals surface area contributed by atoms with Crippen molar-refractivity contribution in [2.24, 2.45) is 0 Å². The first-order valence-electron chi connectivity index (χ1n) is 6.35. The molecule has 0 aliphatic rings. The molecular formula is C15H12BrN5O. The molecule has 0 fully saturated rings. The Labute approximate surface area is 135 Å². The smallest absolute Gasteiger partial charge is 0.140 e. The number of hydrogen-bond donors (Lipinski definition) is 2. The van der Waals surface area contributed by atoms with Crippen LogP contribution in [0.2, 0.25) is 0 Å². The Bertz CT molecular complexity index is 793. The third-order valence-corrected chi connectivity index (χ3v) is 3.50. The summed E-state index contributed by atoms with van der Waals surface area (Å²) >= 11 is 3.34. The fourth-order valence-electron chi connectivity index (χ4n) is 1.92. The van der Waals surface area contributed by atoms with Gasteiger partial charge < -0.3 is 10.8 Å². The summed E-state index contributed by atoms with van der Waals surface area (Å²) in [7, 11) is 0. The van der Waals surface area contributed by atoms with Gasteiger partial charge in [0.15, 0.2) is 0 Å². The zero-order valence-corrected chi connectivity index (χ0v) is 13.1. The fourth-order valence-corrected chi connectivity index (χ4v) is 2.18. The molecule has 0 saturated heterocycles. The van der Waals surface area contributed by atoms with E-state index in [0.717, 1.165) is 10.0 Å². The van der Waals surface area contributed by atoms with E-state index in [1.165, 1.54) is 4.68 Å². The van der Waals surface area contributed by atoms with Crippen molar-refractivity contribution in [2.45, 2.75) is 6.54 Å². The number of aliphatic hydroxyl groups is 1. The predicted octanol–water partition coefficient (Wildman–Crippen LogP) is 2.16. The van der Waals surface area contributed by atoms with Gasteiger partial charge in [-0.25, -0.2) is 4.68 Å². The summed E-state index contributed by atoms with van der Waals surface area (Å²) in [6.45, 7) is 0.00596. The highest BCUT2D eigenvalue weighted by molar-refractivity contribution is 9.10. The summed E-state index contributed by atoms with van der Waals surface area (Å²) in [4.78, 5) is 0. The molecule has 0 spiro atoms.